The molecular weight excluding hydrogens is 224 g/mol. The molecule has 2 nitrogen and oxygen atoms in total. The molecule has 0 N–H and O–H groups in total. The van der Waals surface area contributed by atoms with Gasteiger partial charge in [-0.1, -0.05) is 0 Å². The second-order valence-corrected chi connectivity index (χ2v) is 4.60. The lowest BCUT2D eigenvalue weighted by Gasteiger charge is -2.29. The van der Waals surface area contributed by atoms with E-state index in [9.17, 15) is 8.78 Å². The topological polar surface area (TPSA) is 12.5 Å². The second-order valence-electron chi connectivity index (χ2n) is 4.60. The van der Waals surface area contributed by atoms with Gasteiger partial charge in [0.05, 0.1) is 7.11 Å². The molecule has 1 aromatic rings. The average Bonchev–Trinajstić information content (AvgIpc) is 2.33. The van der Waals surface area contributed by atoms with Crippen LogP contribution in [0.5, 0.6) is 5.75 Å². The van der Waals surface area contributed by atoms with Crippen molar-refractivity contribution >= 4 is 0 Å². The first-order valence-corrected chi connectivity index (χ1v) is 5.83. The van der Waals surface area contributed by atoms with Crippen molar-refractivity contribution in [2.75, 3.05) is 27.2 Å². The largest absolute Gasteiger partial charge is 0.494 e. The van der Waals surface area contributed by atoms with Gasteiger partial charge in [-0.2, -0.15) is 4.39 Å². The molecule has 4 heteroatoms. The maximum atomic E-state index is 13.4. The van der Waals surface area contributed by atoms with Gasteiger partial charge >= 0.3 is 0 Å². The Morgan fingerprint density at radius 2 is 1.88 bits per heavy atom. The highest BCUT2D eigenvalue weighted by molar-refractivity contribution is 5.33. The number of halogens is 2. The van der Waals surface area contributed by atoms with Gasteiger partial charge in [0.25, 0.3) is 0 Å². The first kappa shape index (κ1) is 12.3. The van der Waals surface area contributed by atoms with Gasteiger partial charge in [0.1, 0.15) is 0 Å². The van der Waals surface area contributed by atoms with E-state index in [0.717, 1.165) is 31.5 Å². The SMILES string of the molecule is COc1cc(C2CCN(C)CC2)cc(F)c1F. The molecule has 2 rings (SSSR count). The summed E-state index contributed by atoms with van der Waals surface area (Å²) in [6, 6.07) is 2.92. The number of ether oxygens (including phenoxy) is 1. The molecule has 0 saturated carbocycles. The van der Waals surface area contributed by atoms with Crippen LogP contribution in [0.3, 0.4) is 0 Å². The van der Waals surface area contributed by atoms with E-state index < -0.39 is 11.6 Å². The van der Waals surface area contributed by atoms with Crippen molar-refractivity contribution in [3.8, 4) is 5.75 Å². The molecule has 1 aliphatic rings. The van der Waals surface area contributed by atoms with Crippen molar-refractivity contribution in [2.45, 2.75) is 18.8 Å². The Labute approximate surface area is 100 Å². The maximum absolute atomic E-state index is 13.4. The summed E-state index contributed by atoms with van der Waals surface area (Å²) in [5, 5.41) is 0. The maximum Gasteiger partial charge on any atom is 0.200 e. The molecule has 1 heterocycles. The van der Waals surface area contributed by atoms with Crippen LogP contribution in [0.15, 0.2) is 12.1 Å². The molecule has 0 bridgehead atoms. The summed E-state index contributed by atoms with van der Waals surface area (Å²) in [5.41, 5.74) is 0.842. The third-order valence-electron chi connectivity index (χ3n) is 3.43. The minimum atomic E-state index is -0.899. The van der Waals surface area contributed by atoms with Gasteiger partial charge in [0.15, 0.2) is 11.6 Å². The molecular formula is C13H17F2NO. The molecule has 0 aromatic heterocycles. The number of hydrogen-bond acceptors (Lipinski definition) is 2. The Kier molecular flexibility index (Phi) is 3.62. The molecule has 1 aliphatic heterocycles. The molecule has 0 radical (unpaired) electrons. The summed E-state index contributed by atoms with van der Waals surface area (Å²) in [4.78, 5) is 2.24. The normalized spacial score (nSPS) is 18.4. The van der Waals surface area contributed by atoms with E-state index >= 15 is 0 Å². The molecule has 0 atom stereocenters. The Morgan fingerprint density at radius 1 is 1.24 bits per heavy atom. The zero-order chi connectivity index (χ0) is 12.4. The van der Waals surface area contributed by atoms with E-state index in [1.807, 2.05) is 0 Å². The molecule has 1 saturated heterocycles. The first-order valence-electron chi connectivity index (χ1n) is 5.83. The van der Waals surface area contributed by atoms with Gasteiger partial charge in [-0.15, -0.1) is 0 Å². The van der Waals surface area contributed by atoms with Crippen LogP contribution in [-0.2, 0) is 0 Å². The molecule has 17 heavy (non-hydrogen) atoms. The number of rotatable bonds is 2. The molecule has 0 aliphatic carbocycles. The quantitative estimate of drug-likeness (QED) is 0.789. The molecule has 1 fully saturated rings. The van der Waals surface area contributed by atoms with Crippen LogP contribution in [0, 0.1) is 11.6 Å². The zero-order valence-corrected chi connectivity index (χ0v) is 10.2. The number of hydrogen-bond donors (Lipinski definition) is 0. The highest BCUT2D eigenvalue weighted by Crippen LogP contribution is 2.32. The summed E-state index contributed by atoms with van der Waals surface area (Å²) in [7, 11) is 3.43. The van der Waals surface area contributed by atoms with Crippen LogP contribution >= 0.6 is 0 Å². The molecule has 1 aromatic carbocycles. The van der Waals surface area contributed by atoms with Crippen molar-refractivity contribution in [3.63, 3.8) is 0 Å². The van der Waals surface area contributed by atoms with Crippen molar-refractivity contribution < 1.29 is 13.5 Å². The summed E-state index contributed by atoms with van der Waals surface area (Å²) in [6.45, 7) is 1.98. The van der Waals surface area contributed by atoms with Crippen LogP contribution in [0.4, 0.5) is 8.78 Å². The molecule has 94 valence electrons. The number of nitrogens with zero attached hydrogens (tertiary/aromatic N) is 1. The number of likely N-dealkylation sites (tertiary alicyclic amines) is 1. The predicted octanol–water partition coefficient (Wildman–Crippen LogP) is 2.78. The van der Waals surface area contributed by atoms with Crippen LogP contribution in [0.25, 0.3) is 0 Å². The van der Waals surface area contributed by atoms with Gasteiger partial charge in [0.2, 0.25) is 5.82 Å². The fraction of sp³-hybridized carbons (Fsp3) is 0.538. The Bertz CT molecular complexity index is 401. The lowest BCUT2D eigenvalue weighted by atomic mass is 9.89. The zero-order valence-electron chi connectivity index (χ0n) is 10.2. The Balaban J connectivity index is 2.24. The van der Waals surface area contributed by atoms with Crippen molar-refractivity contribution in [2.24, 2.45) is 0 Å². The lowest BCUT2D eigenvalue weighted by molar-refractivity contribution is 0.254. The van der Waals surface area contributed by atoms with Crippen molar-refractivity contribution in [1.82, 2.24) is 4.90 Å². The highest BCUT2D eigenvalue weighted by Gasteiger charge is 2.21. The van der Waals surface area contributed by atoms with E-state index in [1.165, 1.54) is 13.2 Å². The lowest BCUT2D eigenvalue weighted by Crippen LogP contribution is -2.29. The van der Waals surface area contributed by atoms with E-state index in [1.54, 1.807) is 6.07 Å². The first-order chi connectivity index (χ1) is 8.11. The summed E-state index contributed by atoms with van der Waals surface area (Å²) in [5.74, 6) is -1.42. The minimum absolute atomic E-state index is 0.000993. The number of piperidine rings is 1. The predicted molar refractivity (Wildman–Crippen MR) is 62.4 cm³/mol. The molecule has 0 unspecified atom stereocenters. The molecule has 0 amide bonds. The van der Waals surface area contributed by atoms with Crippen LogP contribution < -0.4 is 4.74 Å². The van der Waals surface area contributed by atoms with E-state index in [-0.39, 0.29) is 5.75 Å². The van der Waals surface area contributed by atoms with Gasteiger partial charge in [-0.3, -0.25) is 0 Å². The van der Waals surface area contributed by atoms with E-state index in [4.69, 9.17) is 4.74 Å². The van der Waals surface area contributed by atoms with Gasteiger partial charge < -0.3 is 9.64 Å². The Hall–Kier alpha value is -1.16. The summed E-state index contributed by atoms with van der Waals surface area (Å²) >= 11 is 0. The van der Waals surface area contributed by atoms with Crippen LogP contribution in [-0.4, -0.2) is 32.1 Å². The standard InChI is InChI=1S/C13H17F2NO/c1-16-5-3-9(4-6-16)10-7-11(14)13(15)12(8-10)17-2/h7-9H,3-6H2,1-2H3. The van der Waals surface area contributed by atoms with Gasteiger partial charge in [-0.05, 0) is 56.6 Å². The van der Waals surface area contributed by atoms with Crippen molar-refractivity contribution in [1.29, 1.82) is 0 Å². The van der Waals surface area contributed by atoms with Crippen LogP contribution in [0.1, 0.15) is 24.3 Å². The number of benzene rings is 1. The smallest absolute Gasteiger partial charge is 0.200 e. The monoisotopic (exact) mass is 241 g/mol. The van der Waals surface area contributed by atoms with E-state index in [0.29, 0.717) is 5.92 Å². The highest BCUT2D eigenvalue weighted by atomic mass is 19.2. The van der Waals surface area contributed by atoms with Crippen molar-refractivity contribution in [3.05, 3.63) is 29.3 Å². The fourth-order valence-corrected chi connectivity index (χ4v) is 2.31. The molecule has 0 spiro atoms. The Morgan fingerprint density at radius 3 is 2.47 bits per heavy atom. The third-order valence-corrected chi connectivity index (χ3v) is 3.43. The summed E-state index contributed by atoms with van der Waals surface area (Å²) in [6.07, 6.45) is 1.95. The number of methoxy groups -OCH3 is 1. The summed E-state index contributed by atoms with van der Waals surface area (Å²) < 4.78 is 31.5. The van der Waals surface area contributed by atoms with Gasteiger partial charge in [0, 0.05) is 0 Å². The second kappa shape index (κ2) is 5.00. The fourth-order valence-electron chi connectivity index (χ4n) is 2.31. The van der Waals surface area contributed by atoms with E-state index in [2.05, 4.69) is 11.9 Å². The van der Waals surface area contributed by atoms with Crippen LogP contribution in [0.2, 0.25) is 0 Å². The minimum Gasteiger partial charge on any atom is -0.494 e. The van der Waals surface area contributed by atoms with Gasteiger partial charge in [-0.25, -0.2) is 4.39 Å². The third kappa shape index (κ3) is 2.57. The average molecular weight is 241 g/mol.